The summed E-state index contributed by atoms with van der Waals surface area (Å²) >= 11 is 0. The minimum absolute atomic E-state index is 0.173. The van der Waals surface area contributed by atoms with Crippen LogP contribution >= 0.6 is 7.14 Å². The molecule has 0 spiro atoms. The van der Waals surface area contributed by atoms with Crippen molar-refractivity contribution in [2.24, 2.45) is 0 Å². The Balaban J connectivity index is 1.40. The molecule has 2 fully saturated rings. The minimum Gasteiger partial charge on any atom is -0.495 e. The lowest BCUT2D eigenvalue weighted by Crippen LogP contribution is -2.52. The maximum Gasteiger partial charge on any atom is 0.231 e. The molecule has 1 atom stereocenters. The van der Waals surface area contributed by atoms with Crippen LogP contribution in [0, 0.1) is 11.3 Å². The standard InChI is InChI=1S/C25H32N7O3P/c1-4-16(2)28-24-22-17(12-26)13-27-23(22)30-25(31-24)29-20-6-5-19(11-21(20)34-3)36(33)9-7-32(8-10-36)18-14-35-15-18/h5-6,11,13,16,18H,4,7-10,14-15H2,1-3H3,(H3,27,28,29,30,31)/t16-/m0/s1. The first-order valence-electron chi connectivity index (χ1n) is 12.4. The molecule has 5 rings (SSSR count). The predicted octanol–water partition coefficient (Wildman–Crippen LogP) is 3.49. The summed E-state index contributed by atoms with van der Waals surface area (Å²) in [5.74, 6) is 1.55. The first-order valence-corrected chi connectivity index (χ1v) is 14.4. The van der Waals surface area contributed by atoms with Gasteiger partial charge in [-0.05, 0) is 31.5 Å². The number of fused-ring (bicyclic) bond motifs is 1. The number of methoxy groups -OCH3 is 1. The van der Waals surface area contributed by atoms with E-state index in [-0.39, 0.29) is 6.04 Å². The van der Waals surface area contributed by atoms with E-state index in [9.17, 15) is 9.83 Å². The van der Waals surface area contributed by atoms with Crippen LogP contribution in [0.1, 0.15) is 25.8 Å². The van der Waals surface area contributed by atoms with Crippen molar-refractivity contribution < 1.29 is 14.0 Å². The van der Waals surface area contributed by atoms with Crippen LogP contribution in [0.5, 0.6) is 5.75 Å². The molecule has 3 N–H and O–H groups in total. The molecule has 11 heteroatoms. The van der Waals surface area contributed by atoms with E-state index < -0.39 is 7.14 Å². The molecule has 190 valence electrons. The van der Waals surface area contributed by atoms with Gasteiger partial charge in [0.25, 0.3) is 0 Å². The molecular weight excluding hydrogens is 477 g/mol. The monoisotopic (exact) mass is 509 g/mol. The fourth-order valence-corrected chi connectivity index (χ4v) is 7.23. The highest BCUT2D eigenvalue weighted by molar-refractivity contribution is 7.71. The second-order valence-electron chi connectivity index (χ2n) is 9.46. The first-order chi connectivity index (χ1) is 17.4. The van der Waals surface area contributed by atoms with Crippen LogP contribution in [-0.2, 0) is 9.30 Å². The molecule has 2 aliphatic rings. The number of hydrogen-bond donors (Lipinski definition) is 3. The lowest BCUT2D eigenvalue weighted by atomic mass is 10.2. The highest BCUT2D eigenvalue weighted by Crippen LogP contribution is 2.48. The van der Waals surface area contributed by atoms with Crippen LogP contribution < -0.4 is 20.7 Å². The zero-order valence-electron chi connectivity index (χ0n) is 20.9. The third-order valence-electron chi connectivity index (χ3n) is 7.18. The topological polar surface area (TPSA) is 128 Å². The Morgan fingerprint density at radius 1 is 1.33 bits per heavy atom. The highest BCUT2D eigenvalue weighted by atomic mass is 31.2. The SMILES string of the molecule is CC[C@H](C)Nc1nc(Nc2ccc(P3(=O)CCN(C4COC4)CC3)cc2OC)nc2[nH]cc(C#N)c12. The van der Waals surface area contributed by atoms with Gasteiger partial charge in [0.15, 0.2) is 0 Å². The Bertz CT molecular complexity index is 1340. The van der Waals surface area contributed by atoms with Gasteiger partial charge in [-0.25, -0.2) is 0 Å². The number of anilines is 3. The van der Waals surface area contributed by atoms with Gasteiger partial charge in [0.05, 0.1) is 43.0 Å². The molecule has 2 aromatic heterocycles. The summed E-state index contributed by atoms with van der Waals surface area (Å²) < 4.78 is 24.8. The van der Waals surface area contributed by atoms with Gasteiger partial charge >= 0.3 is 0 Å². The minimum atomic E-state index is -2.50. The predicted molar refractivity (Wildman–Crippen MR) is 141 cm³/mol. The number of hydrogen-bond acceptors (Lipinski definition) is 9. The van der Waals surface area contributed by atoms with E-state index in [0.29, 0.717) is 58.2 Å². The molecule has 3 aromatic rings. The Hall–Kier alpha value is -3.12. The molecule has 0 aliphatic carbocycles. The average molecular weight is 510 g/mol. The number of aromatic amines is 1. The van der Waals surface area contributed by atoms with Crippen molar-refractivity contribution in [1.82, 2.24) is 19.9 Å². The summed E-state index contributed by atoms with van der Waals surface area (Å²) in [5.41, 5.74) is 1.74. The van der Waals surface area contributed by atoms with E-state index in [0.717, 1.165) is 38.0 Å². The Labute approximate surface area is 210 Å². The van der Waals surface area contributed by atoms with Crippen LogP contribution in [0.4, 0.5) is 17.5 Å². The van der Waals surface area contributed by atoms with E-state index in [1.807, 2.05) is 18.2 Å². The largest absolute Gasteiger partial charge is 0.495 e. The van der Waals surface area contributed by atoms with Gasteiger partial charge in [-0.2, -0.15) is 15.2 Å². The molecule has 0 saturated carbocycles. The second kappa shape index (κ2) is 10.1. The Morgan fingerprint density at radius 2 is 2.11 bits per heavy atom. The normalized spacial score (nSPS) is 18.8. The lowest BCUT2D eigenvalue weighted by Gasteiger charge is -2.41. The average Bonchev–Trinajstić information content (AvgIpc) is 3.28. The molecule has 4 heterocycles. The maximum atomic E-state index is 13.8. The van der Waals surface area contributed by atoms with Gasteiger partial charge in [0.2, 0.25) is 5.95 Å². The quantitative estimate of drug-likeness (QED) is 0.391. The number of rotatable bonds is 8. The van der Waals surface area contributed by atoms with E-state index in [1.165, 1.54) is 0 Å². The van der Waals surface area contributed by atoms with Crippen molar-refractivity contribution in [3.05, 3.63) is 30.0 Å². The summed E-state index contributed by atoms with van der Waals surface area (Å²) in [7, 11) is -0.899. The molecular formula is C25H32N7O3P. The van der Waals surface area contributed by atoms with Crippen LogP contribution in [0.2, 0.25) is 0 Å². The Kier molecular flexibility index (Phi) is 6.89. The molecule has 0 amide bonds. The number of nitrogens with one attached hydrogen (secondary N) is 3. The van der Waals surface area contributed by atoms with Crippen molar-refractivity contribution >= 4 is 40.9 Å². The molecule has 2 saturated heterocycles. The summed E-state index contributed by atoms with van der Waals surface area (Å²) in [6.45, 7) is 7.36. The van der Waals surface area contributed by atoms with Gasteiger partial charge in [0.1, 0.15) is 30.4 Å². The maximum absolute atomic E-state index is 13.8. The lowest BCUT2D eigenvalue weighted by molar-refractivity contribution is -0.0620. The smallest absolute Gasteiger partial charge is 0.231 e. The number of aromatic nitrogens is 3. The fraction of sp³-hybridized carbons (Fsp3) is 0.480. The van der Waals surface area contributed by atoms with E-state index in [2.05, 4.69) is 50.4 Å². The molecule has 0 unspecified atom stereocenters. The van der Waals surface area contributed by atoms with Crippen molar-refractivity contribution in [3.63, 3.8) is 0 Å². The third kappa shape index (κ3) is 4.66. The van der Waals surface area contributed by atoms with Crippen molar-refractivity contribution in [3.8, 4) is 11.8 Å². The van der Waals surface area contributed by atoms with Crippen LogP contribution in [0.3, 0.4) is 0 Å². The fourth-order valence-electron chi connectivity index (χ4n) is 4.64. The number of ether oxygens (including phenoxy) is 2. The summed E-state index contributed by atoms with van der Waals surface area (Å²) in [6.07, 6.45) is 3.87. The van der Waals surface area contributed by atoms with Crippen molar-refractivity contribution in [2.75, 3.05) is 56.4 Å². The number of nitrogens with zero attached hydrogens (tertiary/aromatic N) is 4. The van der Waals surface area contributed by atoms with Crippen LogP contribution in [0.25, 0.3) is 11.0 Å². The molecule has 36 heavy (non-hydrogen) atoms. The van der Waals surface area contributed by atoms with Crippen molar-refractivity contribution in [2.45, 2.75) is 32.4 Å². The van der Waals surface area contributed by atoms with Gasteiger partial charge in [0, 0.05) is 43.0 Å². The highest BCUT2D eigenvalue weighted by Gasteiger charge is 2.35. The molecule has 1 aromatic carbocycles. The van der Waals surface area contributed by atoms with E-state index in [4.69, 9.17) is 9.47 Å². The van der Waals surface area contributed by atoms with E-state index in [1.54, 1.807) is 13.3 Å². The summed E-state index contributed by atoms with van der Waals surface area (Å²) in [6, 6.07) is 8.53. The zero-order chi connectivity index (χ0) is 25.3. The number of nitriles is 1. The molecule has 10 nitrogen and oxygen atoms in total. The van der Waals surface area contributed by atoms with Gasteiger partial charge in [-0.15, -0.1) is 0 Å². The molecule has 0 radical (unpaired) electrons. The molecule has 0 bridgehead atoms. The third-order valence-corrected chi connectivity index (χ3v) is 10.2. The number of benzene rings is 1. The molecule has 2 aliphatic heterocycles. The summed E-state index contributed by atoms with van der Waals surface area (Å²) in [5, 5.41) is 17.7. The van der Waals surface area contributed by atoms with Gasteiger partial charge in [-0.1, -0.05) is 6.92 Å². The van der Waals surface area contributed by atoms with Gasteiger partial charge < -0.3 is 29.7 Å². The summed E-state index contributed by atoms with van der Waals surface area (Å²) in [4.78, 5) is 14.7. The Morgan fingerprint density at radius 3 is 2.75 bits per heavy atom. The zero-order valence-corrected chi connectivity index (χ0v) is 21.8. The first kappa shape index (κ1) is 24.6. The van der Waals surface area contributed by atoms with Crippen LogP contribution in [-0.4, -0.2) is 77.7 Å². The van der Waals surface area contributed by atoms with E-state index >= 15 is 0 Å². The second-order valence-corrected chi connectivity index (χ2v) is 12.7. The number of H-pyrrole nitrogens is 1. The van der Waals surface area contributed by atoms with Crippen LogP contribution in [0.15, 0.2) is 24.4 Å². The van der Waals surface area contributed by atoms with Gasteiger partial charge in [-0.3, -0.25) is 4.90 Å². The van der Waals surface area contributed by atoms with Crippen molar-refractivity contribution in [1.29, 1.82) is 5.26 Å².